The molecule has 154 valence electrons. The molecule has 0 saturated carbocycles. The van der Waals surface area contributed by atoms with Gasteiger partial charge >= 0.3 is 6.09 Å². The first-order valence-electron chi connectivity index (χ1n) is 9.53. The smallest absolute Gasteiger partial charge is 0.411 e. The second-order valence-electron chi connectivity index (χ2n) is 7.97. The van der Waals surface area contributed by atoms with Crippen molar-refractivity contribution in [3.05, 3.63) is 54.6 Å². The number of benzene rings is 2. The van der Waals surface area contributed by atoms with Crippen molar-refractivity contribution in [1.29, 1.82) is 0 Å². The molecule has 0 spiro atoms. The van der Waals surface area contributed by atoms with Gasteiger partial charge in [0.05, 0.1) is 12.6 Å². The van der Waals surface area contributed by atoms with E-state index in [1.165, 1.54) is 4.90 Å². The van der Waals surface area contributed by atoms with Crippen LogP contribution in [0.2, 0.25) is 0 Å². The summed E-state index contributed by atoms with van der Waals surface area (Å²) in [7, 11) is 0. The number of β-amino-alcohol motifs (C(OH)–C–C–N with tert-alkyl or cyclic N) is 1. The van der Waals surface area contributed by atoms with E-state index in [-0.39, 0.29) is 18.9 Å². The Morgan fingerprint density at radius 3 is 2.28 bits per heavy atom. The standard InChI is InChI=1S/C22H26N2O5/c1-22(2,3)29-21(27)24-14-16(25)13-19(24)20(26)23-15-9-11-18(12-10-15)28-17-7-5-4-6-8-17/h4-12,16,19,25H,13-14H2,1-3H3,(H,23,26)/t16?,19-/m0/s1. The molecule has 2 N–H and O–H groups in total. The molecular weight excluding hydrogens is 372 g/mol. The van der Waals surface area contributed by atoms with Gasteiger partial charge < -0.3 is 19.9 Å². The van der Waals surface area contributed by atoms with E-state index in [0.29, 0.717) is 11.4 Å². The second-order valence-corrected chi connectivity index (χ2v) is 7.97. The summed E-state index contributed by atoms with van der Waals surface area (Å²) in [6.07, 6.45) is -1.21. The molecule has 1 aliphatic heterocycles. The van der Waals surface area contributed by atoms with E-state index in [1.54, 1.807) is 45.0 Å². The van der Waals surface area contributed by atoms with Crippen molar-refractivity contribution >= 4 is 17.7 Å². The van der Waals surface area contributed by atoms with Crippen LogP contribution in [-0.2, 0) is 9.53 Å². The lowest BCUT2D eigenvalue weighted by atomic mass is 10.1. The Hall–Kier alpha value is -3.06. The summed E-state index contributed by atoms with van der Waals surface area (Å²) in [4.78, 5) is 26.4. The Bertz CT molecular complexity index is 846. The van der Waals surface area contributed by atoms with Crippen LogP contribution in [0.25, 0.3) is 0 Å². The van der Waals surface area contributed by atoms with E-state index in [2.05, 4.69) is 5.32 Å². The quantitative estimate of drug-likeness (QED) is 0.818. The predicted molar refractivity (Wildman–Crippen MR) is 109 cm³/mol. The fourth-order valence-corrected chi connectivity index (χ4v) is 3.04. The summed E-state index contributed by atoms with van der Waals surface area (Å²) in [5.41, 5.74) is -0.110. The largest absolute Gasteiger partial charge is 0.457 e. The highest BCUT2D eigenvalue weighted by Crippen LogP contribution is 2.25. The van der Waals surface area contributed by atoms with Crippen LogP contribution in [-0.4, -0.2) is 46.3 Å². The highest BCUT2D eigenvalue weighted by molar-refractivity contribution is 5.97. The number of carbonyl (C=O) groups excluding carboxylic acids is 2. The molecule has 0 radical (unpaired) electrons. The van der Waals surface area contributed by atoms with E-state index in [9.17, 15) is 14.7 Å². The summed E-state index contributed by atoms with van der Waals surface area (Å²) in [5, 5.41) is 12.8. The minimum Gasteiger partial charge on any atom is -0.457 e. The summed E-state index contributed by atoms with van der Waals surface area (Å²) in [5.74, 6) is 0.988. The Kier molecular flexibility index (Phi) is 6.08. The summed E-state index contributed by atoms with van der Waals surface area (Å²) in [6, 6.07) is 15.5. The fourth-order valence-electron chi connectivity index (χ4n) is 3.04. The molecule has 0 bridgehead atoms. The molecular formula is C22H26N2O5. The highest BCUT2D eigenvalue weighted by Gasteiger charge is 2.40. The van der Waals surface area contributed by atoms with Gasteiger partial charge in [0.2, 0.25) is 5.91 Å². The van der Waals surface area contributed by atoms with Crippen molar-refractivity contribution < 1.29 is 24.2 Å². The zero-order chi connectivity index (χ0) is 21.0. The maximum atomic E-state index is 12.7. The van der Waals surface area contributed by atoms with E-state index < -0.39 is 23.8 Å². The number of hydrogen-bond donors (Lipinski definition) is 2. The molecule has 0 aliphatic carbocycles. The zero-order valence-corrected chi connectivity index (χ0v) is 16.8. The number of amides is 2. The first-order chi connectivity index (χ1) is 13.7. The first-order valence-corrected chi connectivity index (χ1v) is 9.53. The lowest BCUT2D eigenvalue weighted by molar-refractivity contribution is -0.120. The molecule has 2 aromatic carbocycles. The average Bonchev–Trinajstić information content (AvgIpc) is 3.05. The van der Waals surface area contributed by atoms with Crippen molar-refractivity contribution in [2.75, 3.05) is 11.9 Å². The van der Waals surface area contributed by atoms with Crippen molar-refractivity contribution in [3.63, 3.8) is 0 Å². The SMILES string of the molecule is CC(C)(C)OC(=O)N1CC(O)C[C@H]1C(=O)Nc1ccc(Oc2ccccc2)cc1. The van der Waals surface area contributed by atoms with Crippen molar-refractivity contribution in [1.82, 2.24) is 4.90 Å². The molecule has 3 rings (SSSR count). The van der Waals surface area contributed by atoms with Gasteiger partial charge in [-0.2, -0.15) is 0 Å². The maximum absolute atomic E-state index is 12.7. The van der Waals surface area contributed by atoms with Crippen molar-refractivity contribution in [3.8, 4) is 11.5 Å². The minimum absolute atomic E-state index is 0.0663. The minimum atomic E-state index is -0.792. The Labute approximate surface area is 170 Å². The average molecular weight is 398 g/mol. The summed E-state index contributed by atoms with van der Waals surface area (Å²) >= 11 is 0. The summed E-state index contributed by atoms with van der Waals surface area (Å²) in [6.45, 7) is 5.33. The molecule has 7 heteroatoms. The zero-order valence-electron chi connectivity index (χ0n) is 16.8. The molecule has 1 heterocycles. The maximum Gasteiger partial charge on any atom is 0.411 e. The molecule has 2 aromatic rings. The normalized spacial score (nSPS) is 19.0. The van der Waals surface area contributed by atoms with Crippen LogP contribution in [0.5, 0.6) is 11.5 Å². The van der Waals surface area contributed by atoms with Crippen LogP contribution in [0.1, 0.15) is 27.2 Å². The van der Waals surface area contributed by atoms with Gasteiger partial charge in [-0.3, -0.25) is 9.69 Å². The molecule has 2 atom stereocenters. The number of anilines is 1. The van der Waals surface area contributed by atoms with E-state index in [0.717, 1.165) is 5.75 Å². The molecule has 29 heavy (non-hydrogen) atoms. The third-order valence-corrected chi connectivity index (χ3v) is 4.31. The number of nitrogens with zero attached hydrogens (tertiary/aromatic N) is 1. The van der Waals surface area contributed by atoms with Crippen LogP contribution in [0.3, 0.4) is 0 Å². The van der Waals surface area contributed by atoms with Gasteiger partial charge in [0.1, 0.15) is 23.1 Å². The van der Waals surface area contributed by atoms with Crippen molar-refractivity contribution in [2.45, 2.75) is 44.9 Å². The van der Waals surface area contributed by atoms with Gasteiger partial charge in [0.25, 0.3) is 0 Å². The van der Waals surface area contributed by atoms with Crippen LogP contribution in [0.4, 0.5) is 10.5 Å². The van der Waals surface area contributed by atoms with Crippen LogP contribution < -0.4 is 10.1 Å². The lowest BCUT2D eigenvalue weighted by Crippen LogP contribution is -2.45. The number of carbonyl (C=O) groups is 2. The monoisotopic (exact) mass is 398 g/mol. The predicted octanol–water partition coefficient (Wildman–Crippen LogP) is 3.79. The van der Waals surface area contributed by atoms with Crippen LogP contribution >= 0.6 is 0 Å². The Morgan fingerprint density at radius 1 is 1.03 bits per heavy atom. The number of ether oxygens (including phenoxy) is 2. The van der Waals surface area contributed by atoms with Gasteiger partial charge in [-0.15, -0.1) is 0 Å². The van der Waals surface area contributed by atoms with E-state index in [1.807, 2.05) is 30.3 Å². The van der Waals surface area contributed by atoms with Gasteiger partial charge in [-0.05, 0) is 57.2 Å². The number of hydrogen-bond acceptors (Lipinski definition) is 5. The van der Waals surface area contributed by atoms with Gasteiger partial charge in [-0.25, -0.2) is 4.79 Å². The van der Waals surface area contributed by atoms with Crippen LogP contribution in [0, 0.1) is 0 Å². The number of nitrogens with one attached hydrogen (secondary N) is 1. The van der Waals surface area contributed by atoms with Crippen molar-refractivity contribution in [2.24, 2.45) is 0 Å². The molecule has 1 saturated heterocycles. The Balaban J connectivity index is 1.63. The number of aliphatic hydroxyl groups is 1. The first kappa shape index (κ1) is 20.7. The van der Waals surface area contributed by atoms with E-state index >= 15 is 0 Å². The third kappa shape index (κ3) is 5.71. The molecule has 1 aliphatic rings. The van der Waals surface area contributed by atoms with Gasteiger partial charge in [0, 0.05) is 12.1 Å². The number of para-hydroxylation sites is 1. The second kappa shape index (κ2) is 8.53. The molecule has 1 fully saturated rings. The van der Waals surface area contributed by atoms with Gasteiger partial charge in [0.15, 0.2) is 0 Å². The number of aliphatic hydroxyl groups excluding tert-OH is 1. The highest BCUT2D eigenvalue weighted by atomic mass is 16.6. The topological polar surface area (TPSA) is 88.1 Å². The Morgan fingerprint density at radius 2 is 1.66 bits per heavy atom. The fraction of sp³-hybridized carbons (Fsp3) is 0.364. The van der Waals surface area contributed by atoms with E-state index in [4.69, 9.17) is 9.47 Å². The molecule has 7 nitrogen and oxygen atoms in total. The number of rotatable bonds is 4. The lowest BCUT2D eigenvalue weighted by Gasteiger charge is -2.27. The summed E-state index contributed by atoms with van der Waals surface area (Å²) < 4.78 is 11.1. The third-order valence-electron chi connectivity index (χ3n) is 4.31. The van der Waals surface area contributed by atoms with Gasteiger partial charge in [-0.1, -0.05) is 18.2 Å². The molecule has 0 aromatic heterocycles. The molecule has 2 amide bonds. The van der Waals surface area contributed by atoms with Crippen LogP contribution in [0.15, 0.2) is 54.6 Å². The number of likely N-dealkylation sites (tertiary alicyclic amines) is 1. The molecule has 1 unspecified atom stereocenters.